The summed E-state index contributed by atoms with van der Waals surface area (Å²) in [7, 11) is 0. The minimum absolute atomic E-state index is 0.643. The maximum Gasteiger partial charge on any atom is 0.0853 e. The molecule has 0 aromatic heterocycles. The molecule has 1 aliphatic carbocycles. The summed E-state index contributed by atoms with van der Waals surface area (Å²) < 4.78 is 5.19. The molecule has 40 valence electrons. The lowest BCUT2D eigenvalue weighted by atomic mass is 10.4. The van der Waals surface area contributed by atoms with Gasteiger partial charge in [0.15, 0.2) is 0 Å². The Hall–Kier alpha value is 0.440. The Bertz CT molecular complexity index is 84.1. The summed E-state index contributed by atoms with van der Waals surface area (Å²) in [5, 5.41) is 0. The van der Waals surface area contributed by atoms with Crippen LogP contribution in [0, 0.1) is 0 Å². The second kappa shape index (κ2) is 1.23. The molecule has 1 saturated heterocycles. The van der Waals surface area contributed by atoms with E-state index in [-0.39, 0.29) is 0 Å². The molecule has 0 aromatic rings. The highest BCUT2D eigenvalue weighted by Gasteiger charge is 2.46. The maximum absolute atomic E-state index is 5.19. The van der Waals surface area contributed by atoms with Gasteiger partial charge in [-0.15, -0.1) is 0 Å². The highest BCUT2D eigenvalue weighted by atomic mass is 79.9. The molecule has 3 atom stereocenters. The zero-order valence-corrected chi connectivity index (χ0v) is 5.52. The van der Waals surface area contributed by atoms with Gasteiger partial charge in [0.25, 0.3) is 0 Å². The number of halogens is 1. The monoisotopic (exact) mass is 162 g/mol. The van der Waals surface area contributed by atoms with E-state index in [2.05, 4.69) is 15.9 Å². The van der Waals surface area contributed by atoms with Gasteiger partial charge in [-0.2, -0.15) is 0 Å². The van der Waals surface area contributed by atoms with Gasteiger partial charge in [0, 0.05) is 4.83 Å². The molecule has 0 aromatic carbocycles. The van der Waals surface area contributed by atoms with Gasteiger partial charge in [-0.25, -0.2) is 0 Å². The van der Waals surface area contributed by atoms with E-state index in [1.807, 2.05) is 0 Å². The summed E-state index contributed by atoms with van der Waals surface area (Å²) in [4.78, 5) is 0.760. The second-order valence-corrected chi connectivity index (χ2v) is 3.58. The van der Waals surface area contributed by atoms with Crippen LogP contribution in [-0.4, -0.2) is 17.0 Å². The Morgan fingerprint density at radius 3 is 2.14 bits per heavy atom. The molecule has 1 heterocycles. The third-order valence-electron chi connectivity index (χ3n) is 1.66. The Kier molecular flexibility index (Phi) is 0.762. The minimum Gasteiger partial charge on any atom is -0.370 e. The van der Waals surface area contributed by atoms with E-state index in [0.29, 0.717) is 12.2 Å². The van der Waals surface area contributed by atoms with Crippen LogP contribution in [0.25, 0.3) is 0 Å². The molecule has 2 heteroatoms. The van der Waals surface area contributed by atoms with E-state index in [9.17, 15) is 0 Å². The van der Waals surface area contributed by atoms with Crippen LogP contribution in [0.3, 0.4) is 0 Å². The van der Waals surface area contributed by atoms with E-state index >= 15 is 0 Å². The van der Waals surface area contributed by atoms with E-state index < -0.39 is 0 Å². The standard InChI is InChI=1S/C5H7BrO/c6-3-1-4-5(2-3)7-4/h3-5H,1-2H2/t3?,4-,5+. The number of hydrogen-bond acceptors (Lipinski definition) is 1. The molecule has 1 aliphatic heterocycles. The maximum atomic E-state index is 5.19. The first-order chi connectivity index (χ1) is 3.36. The molecule has 0 N–H and O–H groups in total. The summed E-state index contributed by atoms with van der Waals surface area (Å²) >= 11 is 3.53. The fourth-order valence-electron chi connectivity index (χ4n) is 1.19. The van der Waals surface area contributed by atoms with Crippen molar-refractivity contribution in [2.24, 2.45) is 0 Å². The first-order valence-electron chi connectivity index (χ1n) is 2.66. The SMILES string of the molecule is BrC1C[C@@H]2O[C@@H]2C1. The number of ether oxygens (including phenoxy) is 1. The number of fused-ring (bicyclic) bond motifs is 1. The number of hydrogen-bond donors (Lipinski definition) is 0. The topological polar surface area (TPSA) is 12.5 Å². The van der Waals surface area contributed by atoms with Crippen molar-refractivity contribution in [2.45, 2.75) is 29.9 Å². The highest BCUT2D eigenvalue weighted by molar-refractivity contribution is 9.09. The van der Waals surface area contributed by atoms with E-state index in [4.69, 9.17) is 4.74 Å². The van der Waals surface area contributed by atoms with Gasteiger partial charge < -0.3 is 4.74 Å². The summed E-state index contributed by atoms with van der Waals surface area (Å²) in [6.07, 6.45) is 3.77. The Labute approximate surface area is 51.2 Å². The van der Waals surface area contributed by atoms with Crippen LogP contribution in [0.4, 0.5) is 0 Å². The molecule has 1 nitrogen and oxygen atoms in total. The van der Waals surface area contributed by atoms with Crippen molar-refractivity contribution < 1.29 is 4.74 Å². The molecule has 0 bridgehead atoms. The van der Waals surface area contributed by atoms with Crippen molar-refractivity contribution >= 4 is 15.9 Å². The first kappa shape index (κ1) is 4.33. The third kappa shape index (κ3) is 0.609. The molecule has 0 amide bonds. The molecular formula is C5H7BrO. The zero-order chi connectivity index (χ0) is 4.85. The van der Waals surface area contributed by atoms with Gasteiger partial charge in [0.05, 0.1) is 12.2 Å². The predicted molar refractivity (Wildman–Crippen MR) is 30.6 cm³/mol. The molecule has 2 fully saturated rings. The average molecular weight is 163 g/mol. The second-order valence-electron chi connectivity index (χ2n) is 2.28. The van der Waals surface area contributed by atoms with Crippen molar-refractivity contribution in [3.8, 4) is 0 Å². The quantitative estimate of drug-likeness (QED) is 0.387. The van der Waals surface area contributed by atoms with Crippen LogP contribution in [0.5, 0.6) is 0 Å². The molecule has 0 spiro atoms. The van der Waals surface area contributed by atoms with Crippen LogP contribution in [0.15, 0.2) is 0 Å². The van der Waals surface area contributed by atoms with E-state index in [1.165, 1.54) is 12.8 Å². The lowest BCUT2D eigenvalue weighted by molar-refractivity contribution is 0.327. The molecule has 2 rings (SSSR count). The fourth-order valence-corrected chi connectivity index (χ4v) is 1.93. The lowest BCUT2D eigenvalue weighted by Gasteiger charge is -1.96. The molecule has 1 saturated carbocycles. The third-order valence-corrected chi connectivity index (χ3v) is 2.41. The summed E-state index contributed by atoms with van der Waals surface area (Å²) in [5.74, 6) is 0. The van der Waals surface area contributed by atoms with Crippen molar-refractivity contribution in [3.63, 3.8) is 0 Å². The van der Waals surface area contributed by atoms with Crippen molar-refractivity contribution in [1.29, 1.82) is 0 Å². The smallest absolute Gasteiger partial charge is 0.0853 e. The fraction of sp³-hybridized carbons (Fsp3) is 1.00. The van der Waals surface area contributed by atoms with Gasteiger partial charge in [-0.05, 0) is 12.8 Å². The highest BCUT2D eigenvalue weighted by Crippen LogP contribution is 2.41. The van der Waals surface area contributed by atoms with E-state index in [0.717, 1.165) is 4.83 Å². The summed E-state index contributed by atoms with van der Waals surface area (Å²) in [6.45, 7) is 0. The number of epoxide rings is 1. The summed E-state index contributed by atoms with van der Waals surface area (Å²) in [5.41, 5.74) is 0. The first-order valence-corrected chi connectivity index (χ1v) is 3.57. The molecular weight excluding hydrogens is 156 g/mol. The Balaban J connectivity index is 2.02. The average Bonchev–Trinajstić information content (AvgIpc) is 2.15. The van der Waals surface area contributed by atoms with E-state index in [1.54, 1.807) is 0 Å². The van der Waals surface area contributed by atoms with Gasteiger partial charge in [-0.3, -0.25) is 0 Å². The minimum atomic E-state index is 0.643. The van der Waals surface area contributed by atoms with Crippen molar-refractivity contribution in [2.75, 3.05) is 0 Å². The van der Waals surface area contributed by atoms with Crippen LogP contribution in [0.2, 0.25) is 0 Å². The molecule has 7 heavy (non-hydrogen) atoms. The lowest BCUT2D eigenvalue weighted by Crippen LogP contribution is -1.93. The number of alkyl halides is 1. The molecule has 0 radical (unpaired) electrons. The van der Waals surface area contributed by atoms with Crippen LogP contribution in [-0.2, 0) is 4.74 Å². The van der Waals surface area contributed by atoms with Crippen LogP contribution in [0.1, 0.15) is 12.8 Å². The van der Waals surface area contributed by atoms with Gasteiger partial charge in [-0.1, -0.05) is 15.9 Å². The van der Waals surface area contributed by atoms with Crippen molar-refractivity contribution in [1.82, 2.24) is 0 Å². The summed E-state index contributed by atoms with van der Waals surface area (Å²) in [6, 6.07) is 0. The number of rotatable bonds is 0. The zero-order valence-electron chi connectivity index (χ0n) is 3.93. The molecule has 1 unspecified atom stereocenters. The van der Waals surface area contributed by atoms with Crippen LogP contribution < -0.4 is 0 Å². The predicted octanol–water partition coefficient (Wildman–Crippen LogP) is 1.31. The van der Waals surface area contributed by atoms with Gasteiger partial charge in [0.1, 0.15) is 0 Å². The molecule has 2 aliphatic rings. The van der Waals surface area contributed by atoms with Gasteiger partial charge >= 0.3 is 0 Å². The Morgan fingerprint density at radius 2 is 1.86 bits per heavy atom. The van der Waals surface area contributed by atoms with Gasteiger partial charge in [0.2, 0.25) is 0 Å². The Morgan fingerprint density at radius 1 is 1.29 bits per heavy atom. The van der Waals surface area contributed by atoms with Crippen LogP contribution >= 0.6 is 15.9 Å². The largest absolute Gasteiger partial charge is 0.370 e. The normalized spacial score (nSPS) is 57.0. The van der Waals surface area contributed by atoms with Crippen molar-refractivity contribution in [3.05, 3.63) is 0 Å².